The number of rotatable bonds is 3. The Morgan fingerprint density at radius 1 is 1.38 bits per heavy atom. The van der Waals surface area contributed by atoms with Crippen molar-refractivity contribution in [2.75, 3.05) is 5.32 Å². The van der Waals surface area contributed by atoms with E-state index in [4.69, 9.17) is 0 Å². The van der Waals surface area contributed by atoms with E-state index in [0.29, 0.717) is 5.57 Å². The Kier molecular flexibility index (Phi) is 4.86. The molecule has 0 aliphatic heterocycles. The molecule has 0 fully saturated rings. The molecule has 0 radical (unpaired) electrons. The van der Waals surface area contributed by atoms with E-state index in [9.17, 15) is 4.79 Å². The van der Waals surface area contributed by atoms with Crippen molar-refractivity contribution in [3.05, 3.63) is 48.1 Å². The lowest BCUT2D eigenvalue weighted by Crippen LogP contribution is -2.12. The van der Waals surface area contributed by atoms with Crippen molar-refractivity contribution in [2.24, 2.45) is 0 Å². The third kappa shape index (κ3) is 3.59. The van der Waals surface area contributed by atoms with Gasteiger partial charge in [-0.25, -0.2) is 0 Å². The van der Waals surface area contributed by atoms with Gasteiger partial charge in [-0.3, -0.25) is 4.79 Å². The molecule has 1 aromatic carbocycles. The topological polar surface area (TPSA) is 29.1 Å². The molecule has 0 bridgehead atoms. The van der Waals surface area contributed by atoms with Crippen LogP contribution in [-0.4, -0.2) is 5.91 Å². The van der Waals surface area contributed by atoms with E-state index in [2.05, 4.69) is 17.9 Å². The molecule has 16 heavy (non-hydrogen) atoms. The van der Waals surface area contributed by atoms with E-state index in [1.54, 1.807) is 13.0 Å². The summed E-state index contributed by atoms with van der Waals surface area (Å²) in [5.74, 6) is -0.111. The number of benzene rings is 1. The quantitative estimate of drug-likeness (QED) is 0.467. The number of amides is 1. The fraction of sp³-hybridized carbons (Fsp3) is 0.154. The highest BCUT2D eigenvalue weighted by molar-refractivity contribution is 7.80. The minimum Gasteiger partial charge on any atom is -0.321 e. The summed E-state index contributed by atoms with van der Waals surface area (Å²) < 4.78 is 0. The van der Waals surface area contributed by atoms with Crippen LogP contribution in [0.1, 0.15) is 13.8 Å². The van der Waals surface area contributed by atoms with Gasteiger partial charge in [0.1, 0.15) is 0 Å². The second kappa shape index (κ2) is 6.18. The Bertz CT molecular complexity index is 435. The molecule has 1 aromatic rings. The van der Waals surface area contributed by atoms with E-state index in [-0.39, 0.29) is 5.91 Å². The minimum absolute atomic E-state index is 0.111. The van der Waals surface area contributed by atoms with Gasteiger partial charge in [0.25, 0.3) is 5.91 Å². The van der Waals surface area contributed by atoms with Gasteiger partial charge in [0, 0.05) is 10.5 Å². The van der Waals surface area contributed by atoms with Crippen LogP contribution >= 0.6 is 12.6 Å². The second-order valence-corrected chi connectivity index (χ2v) is 3.83. The molecule has 0 saturated carbocycles. The number of hydrogen-bond acceptors (Lipinski definition) is 2. The van der Waals surface area contributed by atoms with E-state index in [1.807, 2.05) is 43.3 Å². The van der Waals surface area contributed by atoms with Crippen molar-refractivity contribution < 1.29 is 4.79 Å². The van der Waals surface area contributed by atoms with Gasteiger partial charge in [0.15, 0.2) is 0 Å². The summed E-state index contributed by atoms with van der Waals surface area (Å²) >= 11 is 4.26. The molecule has 2 nitrogen and oxygen atoms in total. The number of para-hydroxylation sites is 1. The smallest absolute Gasteiger partial charge is 0.251 e. The number of carbonyl (C=O) groups excluding carboxylic acids is 1. The van der Waals surface area contributed by atoms with Crippen molar-refractivity contribution in [3.8, 4) is 0 Å². The van der Waals surface area contributed by atoms with Gasteiger partial charge in [0.05, 0.1) is 5.69 Å². The highest BCUT2D eigenvalue weighted by Crippen LogP contribution is 2.19. The molecule has 0 saturated heterocycles. The van der Waals surface area contributed by atoms with Crippen LogP contribution in [0.3, 0.4) is 0 Å². The van der Waals surface area contributed by atoms with Crippen LogP contribution in [0.4, 0.5) is 5.69 Å². The zero-order valence-corrected chi connectivity index (χ0v) is 10.3. The monoisotopic (exact) mass is 233 g/mol. The third-order valence-electron chi connectivity index (χ3n) is 2.05. The number of allylic oxidation sites excluding steroid dienone is 3. The Morgan fingerprint density at radius 2 is 2.06 bits per heavy atom. The fourth-order valence-electron chi connectivity index (χ4n) is 1.12. The molecule has 1 amide bonds. The molecule has 0 spiro atoms. The summed E-state index contributed by atoms with van der Waals surface area (Å²) in [5, 5.41) is 2.80. The molecule has 0 atom stereocenters. The first kappa shape index (κ1) is 12.6. The molecule has 1 N–H and O–H groups in total. The molecule has 0 unspecified atom stereocenters. The fourth-order valence-corrected chi connectivity index (χ4v) is 1.33. The predicted molar refractivity (Wildman–Crippen MR) is 70.9 cm³/mol. The van der Waals surface area contributed by atoms with E-state index in [0.717, 1.165) is 10.6 Å². The van der Waals surface area contributed by atoms with Gasteiger partial charge < -0.3 is 5.32 Å². The molecule has 0 aliphatic carbocycles. The maximum absolute atomic E-state index is 11.7. The van der Waals surface area contributed by atoms with Crippen molar-refractivity contribution >= 4 is 24.2 Å². The van der Waals surface area contributed by atoms with E-state index >= 15 is 0 Å². The normalized spacial score (nSPS) is 11.8. The predicted octanol–water partition coefficient (Wildman–Crippen LogP) is 3.44. The Morgan fingerprint density at radius 3 is 2.69 bits per heavy atom. The van der Waals surface area contributed by atoms with E-state index < -0.39 is 0 Å². The first-order valence-corrected chi connectivity index (χ1v) is 5.48. The van der Waals surface area contributed by atoms with Crippen LogP contribution in [0.25, 0.3) is 0 Å². The Labute approximate surface area is 101 Å². The average Bonchev–Trinajstić information content (AvgIpc) is 2.28. The lowest BCUT2D eigenvalue weighted by atomic mass is 10.2. The lowest BCUT2D eigenvalue weighted by molar-refractivity contribution is -0.112. The molecule has 0 heterocycles. The zero-order chi connectivity index (χ0) is 12.0. The minimum atomic E-state index is -0.111. The van der Waals surface area contributed by atoms with Gasteiger partial charge in [-0.15, -0.1) is 12.6 Å². The largest absolute Gasteiger partial charge is 0.321 e. The highest BCUT2D eigenvalue weighted by Gasteiger charge is 2.05. The van der Waals surface area contributed by atoms with Crippen molar-refractivity contribution in [3.63, 3.8) is 0 Å². The van der Waals surface area contributed by atoms with Crippen molar-refractivity contribution in [2.45, 2.75) is 18.7 Å². The molecule has 0 aliphatic rings. The van der Waals surface area contributed by atoms with Gasteiger partial charge in [-0.2, -0.15) is 0 Å². The van der Waals surface area contributed by atoms with Crippen LogP contribution in [0.5, 0.6) is 0 Å². The summed E-state index contributed by atoms with van der Waals surface area (Å²) in [5.41, 5.74) is 1.39. The highest BCUT2D eigenvalue weighted by atomic mass is 32.1. The number of nitrogens with one attached hydrogen (secondary N) is 1. The molecular weight excluding hydrogens is 218 g/mol. The standard InChI is InChI=1S/C13H15NOS/c1-3-4-7-10(2)13(15)14-11-8-5-6-9-12(11)16/h3-9,16H,1-2H3,(H,14,15)/b4-3-,10-7+. The molecule has 84 valence electrons. The molecule has 0 aromatic heterocycles. The summed E-state index contributed by atoms with van der Waals surface area (Å²) in [4.78, 5) is 12.5. The van der Waals surface area contributed by atoms with Crippen LogP contribution in [0, 0.1) is 0 Å². The zero-order valence-electron chi connectivity index (χ0n) is 9.40. The number of thiol groups is 1. The maximum atomic E-state index is 11.7. The SMILES string of the molecule is C/C=C\C=C(/C)C(=O)Nc1ccccc1S. The maximum Gasteiger partial charge on any atom is 0.251 e. The van der Waals surface area contributed by atoms with Crippen LogP contribution < -0.4 is 5.32 Å². The summed E-state index contributed by atoms with van der Waals surface area (Å²) in [6.07, 6.45) is 5.49. The lowest BCUT2D eigenvalue weighted by Gasteiger charge is -2.07. The number of anilines is 1. The second-order valence-electron chi connectivity index (χ2n) is 3.35. The van der Waals surface area contributed by atoms with Gasteiger partial charge in [0.2, 0.25) is 0 Å². The first-order chi connectivity index (χ1) is 7.65. The van der Waals surface area contributed by atoms with E-state index in [1.165, 1.54) is 0 Å². The Balaban J connectivity index is 2.76. The van der Waals surface area contributed by atoms with Gasteiger partial charge in [-0.1, -0.05) is 30.4 Å². The van der Waals surface area contributed by atoms with Crippen molar-refractivity contribution in [1.82, 2.24) is 0 Å². The summed E-state index contributed by atoms with van der Waals surface area (Å²) in [6.45, 7) is 3.68. The number of hydrogen-bond donors (Lipinski definition) is 2. The molecule has 1 rings (SSSR count). The summed E-state index contributed by atoms with van der Waals surface area (Å²) in [6, 6.07) is 7.40. The third-order valence-corrected chi connectivity index (χ3v) is 2.44. The van der Waals surface area contributed by atoms with Crippen LogP contribution in [-0.2, 0) is 4.79 Å². The Hall–Kier alpha value is -1.48. The van der Waals surface area contributed by atoms with Crippen LogP contribution in [0.2, 0.25) is 0 Å². The summed E-state index contributed by atoms with van der Waals surface area (Å²) in [7, 11) is 0. The average molecular weight is 233 g/mol. The van der Waals surface area contributed by atoms with Crippen molar-refractivity contribution in [1.29, 1.82) is 0 Å². The molecule has 3 heteroatoms. The van der Waals surface area contributed by atoms with Gasteiger partial charge in [-0.05, 0) is 26.0 Å². The van der Waals surface area contributed by atoms with Gasteiger partial charge >= 0.3 is 0 Å². The first-order valence-electron chi connectivity index (χ1n) is 5.04. The number of carbonyl (C=O) groups is 1. The molecular formula is C13H15NOS. The van der Waals surface area contributed by atoms with Crippen LogP contribution in [0.15, 0.2) is 53.0 Å².